The summed E-state index contributed by atoms with van der Waals surface area (Å²) >= 11 is 0. The van der Waals surface area contributed by atoms with Crippen molar-refractivity contribution in [1.29, 1.82) is 0 Å². The van der Waals surface area contributed by atoms with Gasteiger partial charge in [0.1, 0.15) is 17.3 Å². The van der Waals surface area contributed by atoms with Crippen LogP contribution >= 0.6 is 0 Å². The normalized spacial score (nSPS) is 10.4. The highest BCUT2D eigenvalue weighted by Gasteiger charge is 2.15. The van der Waals surface area contributed by atoms with Gasteiger partial charge in [-0.2, -0.15) is 0 Å². The zero-order valence-electron chi connectivity index (χ0n) is 14.9. The molecule has 0 unspecified atom stereocenters. The first-order valence-electron chi connectivity index (χ1n) is 8.44. The molecule has 0 saturated carbocycles. The molecular weight excluding hydrogens is 326 g/mol. The quantitative estimate of drug-likeness (QED) is 0.741. The molecule has 3 aromatic rings. The van der Waals surface area contributed by atoms with E-state index in [4.69, 9.17) is 0 Å². The molecule has 0 radical (unpaired) electrons. The van der Waals surface area contributed by atoms with E-state index in [-0.39, 0.29) is 5.91 Å². The number of amides is 1. The van der Waals surface area contributed by atoms with Gasteiger partial charge in [0, 0.05) is 37.7 Å². The van der Waals surface area contributed by atoms with Crippen LogP contribution in [0.3, 0.4) is 0 Å². The van der Waals surface area contributed by atoms with E-state index in [0.29, 0.717) is 23.9 Å². The van der Waals surface area contributed by atoms with E-state index in [1.165, 1.54) is 0 Å². The predicted octanol–water partition coefficient (Wildman–Crippen LogP) is 3.24. The largest absolute Gasteiger partial charge is 0.340 e. The summed E-state index contributed by atoms with van der Waals surface area (Å²) in [5.41, 5.74) is 2.44. The van der Waals surface area contributed by atoms with Gasteiger partial charge in [-0.1, -0.05) is 18.2 Å². The molecule has 6 nitrogen and oxygen atoms in total. The Morgan fingerprint density at radius 2 is 1.81 bits per heavy atom. The zero-order valence-corrected chi connectivity index (χ0v) is 14.9. The summed E-state index contributed by atoms with van der Waals surface area (Å²) in [6.07, 6.45) is 4.28. The van der Waals surface area contributed by atoms with Crippen molar-refractivity contribution in [2.24, 2.45) is 0 Å². The molecule has 0 atom stereocenters. The Morgan fingerprint density at radius 3 is 2.54 bits per heavy atom. The van der Waals surface area contributed by atoms with Crippen molar-refractivity contribution in [2.75, 3.05) is 18.9 Å². The number of hydrogen-bond donors (Lipinski definition) is 1. The van der Waals surface area contributed by atoms with Crippen molar-refractivity contribution in [3.8, 4) is 0 Å². The minimum Gasteiger partial charge on any atom is -0.340 e. The molecular formula is C20H21N5O. The Hall–Kier alpha value is -3.28. The molecule has 1 N–H and O–H groups in total. The van der Waals surface area contributed by atoms with Crippen molar-refractivity contribution in [3.05, 3.63) is 78.0 Å². The van der Waals surface area contributed by atoms with Crippen LogP contribution in [0.4, 0.5) is 11.5 Å². The van der Waals surface area contributed by atoms with Crippen LogP contribution in [0.2, 0.25) is 0 Å². The Kier molecular flexibility index (Phi) is 5.53. The van der Waals surface area contributed by atoms with Crippen LogP contribution in [-0.2, 0) is 6.42 Å². The first-order valence-corrected chi connectivity index (χ1v) is 8.44. The molecule has 2 aromatic heterocycles. The number of pyridine rings is 1. The van der Waals surface area contributed by atoms with Crippen LogP contribution in [0, 0.1) is 6.92 Å². The molecule has 0 aliphatic carbocycles. The third kappa shape index (κ3) is 4.63. The number of anilines is 2. The third-order valence-corrected chi connectivity index (χ3v) is 3.94. The van der Waals surface area contributed by atoms with Crippen molar-refractivity contribution in [1.82, 2.24) is 19.9 Å². The lowest BCUT2D eigenvalue weighted by molar-refractivity contribution is 0.0790. The van der Waals surface area contributed by atoms with Crippen LogP contribution in [0.15, 0.2) is 60.9 Å². The summed E-state index contributed by atoms with van der Waals surface area (Å²) in [7, 11) is 1.78. The predicted molar refractivity (Wildman–Crippen MR) is 101 cm³/mol. The van der Waals surface area contributed by atoms with E-state index >= 15 is 0 Å². The van der Waals surface area contributed by atoms with Gasteiger partial charge in [-0.25, -0.2) is 9.97 Å². The van der Waals surface area contributed by atoms with E-state index in [1.807, 2.05) is 42.5 Å². The number of nitrogens with zero attached hydrogens (tertiary/aromatic N) is 4. The van der Waals surface area contributed by atoms with Gasteiger partial charge in [-0.15, -0.1) is 0 Å². The second-order valence-electron chi connectivity index (χ2n) is 6.01. The monoisotopic (exact) mass is 347 g/mol. The second kappa shape index (κ2) is 8.20. The van der Waals surface area contributed by atoms with Gasteiger partial charge in [0.15, 0.2) is 0 Å². The Balaban J connectivity index is 1.70. The minimum atomic E-state index is -0.124. The van der Waals surface area contributed by atoms with Crippen LogP contribution in [-0.4, -0.2) is 39.4 Å². The zero-order chi connectivity index (χ0) is 18.4. The van der Waals surface area contributed by atoms with Crippen LogP contribution in [0.5, 0.6) is 0 Å². The summed E-state index contributed by atoms with van der Waals surface area (Å²) in [4.78, 5) is 27.1. The Bertz CT molecular complexity index is 868. The highest BCUT2D eigenvalue weighted by molar-refractivity contribution is 5.93. The highest BCUT2D eigenvalue weighted by Crippen LogP contribution is 2.15. The molecule has 0 fully saturated rings. The second-order valence-corrected chi connectivity index (χ2v) is 6.01. The summed E-state index contributed by atoms with van der Waals surface area (Å²) in [5.74, 6) is 1.03. The Labute approximate surface area is 153 Å². The van der Waals surface area contributed by atoms with Crippen molar-refractivity contribution in [3.63, 3.8) is 0 Å². The maximum atomic E-state index is 12.7. The maximum Gasteiger partial charge on any atom is 0.272 e. The molecule has 3 rings (SSSR count). The van der Waals surface area contributed by atoms with Gasteiger partial charge in [-0.3, -0.25) is 9.78 Å². The van der Waals surface area contributed by atoms with Gasteiger partial charge in [-0.05, 0) is 43.2 Å². The standard InChI is InChI=1S/C20H21N5O/c1-15-22-18(14-19(23-15)24-17-6-4-3-5-7-17)20(26)25(2)13-10-16-8-11-21-12-9-16/h3-9,11-12,14H,10,13H2,1-2H3,(H,22,23,24). The third-order valence-electron chi connectivity index (χ3n) is 3.94. The minimum absolute atomic E-state index is 0.124. The fourth-order valence-corrected chi connectivity index (χ4v) is 2.55. The molecule has 1 aromatic carbocycles. The van der Waals surface area contributed by atoms with Gasteiger partial charge in [0.25, 0.3) is 5.91 Å². The molecule has 1 amide bonds. The first-order chi connectivity index (χ1) is 12.6. The lowest BCUT2D eigenvalue weighted by Gasteiger charge is -2.17. The van der Waals surface area contributed by atoms with Crippen molar-refractivity contribution >= 4 is 17.4 Å². The van der Waals surface area contributed by atoms with Crippen LogP contribution < -0.4 is 5.32 Å². The average Bonchev–Trinajstić information content (AvgIpc) is 2.66. The van der Waals surface area contributed by atoms with E-state index in [2.05, 4.69) is 20.3 Å². The molecule has 0 spiro atoms. The molecule has 132 valence electrons. The van der Waals surface area contributed by atoms with E-state index in [9.17, 15) is 4.79 Å². The van der Waals surface area contributed by atoms with Crippen molar-refractivity contribution in [2.45, 2.75) is 13.3 Å². The summed E-state index contributed by atoms with van der Waals surface area (Å²) < 4.78 is 0. The number of para-hydroxylation sites is 1. The number of aromatic nitrogens is 3. The Morgan fingerprint density at radius 1 is 1.08 bits per heavy atom. The van der Waals surface area contributed by atoms with Crippen LogP contribution in [0.25, 0.3) is 0 Å². The number of carbonyl (C=O) groups excluding carboxylic acids is 1. The number of rotatable bonds is 6. The maximum absolute atomic E-state index is 12.7. The molecule has 0 aliphatic rings. The van der Waals surface area contributed by atoms with Crippen LogP contribution in [0.1, 0.15) is 21.9 Å². The smallest absolute Gasteiger partial charge is 0.272 e. The fourth-order valence-electron chi connectivity index (χ4n) is 2.55. The fraction of sp³-hybridized carbons (Fsp3) is 0.200. The number of hydrogen-bond acceptors (Lipinski definition) is 5. The van der Waals surface area contributed by atoms with Gasteiger partial charge >= 0.3 is 0 Å². The first kappa shape index (κ1) is 17.5. The molecule has 0 aliphatic heterocycles. The van der Waals surface area contributed by atoms with E-state index < -0.39 is 0 Å². The topological polar surface area (TPSA) is 71.0 Å². The lowest BCUT2D eigenvalue weighted by atomic mass is 10.2. The van der Waals surface area contributed by atoms with E-state index in [1.54, 1.807) is 37.3 Å². The number of carbonyl (C=O) groups is 1. The van der Waals surface area contributed by atoms with Gasteiger partial charge in [0.2, 0.25) is 0 Å². The summed E-state index contributed by atoms with van der Waals surface area (Å²) in [6, 6.07) is 15.3. The SMILES string of the molecule is Cc1nc(Nc2ccccc2)cc(C(=O)N(C)CCc2ccncc2)n1. The van der Waals surface area contributed by atoms with Crippen molar-refractivity contribution < 1.29 is 4.79 Å². The summed E-state index contributed by atoms with van der Waals surface area (Å²) in [5, 5.41) is 3.21. The number of likely N-dealkylation sites (N-methyl/N-ethyl adjacent to an activating group) is 1. The lowest BCUT2D eigenvalue weighted by Crippen LogP contribution is -2.30. The molecule has 2 heterocycles. The van der Waals surface area contributed by atoms with Gasteiger partial charge < -0.3 is 10.2 Å². The molecule has 0 bridgehead atoms. The number of nitrogens with one attached hydrogen (secondary N) is 1. The number of benzene rings is 1. The molecule has 6 heteroatoms. The molecule has 0 saturated heterocycles. The summed E-state index contributed by atoms with van der Waals surface area (Å²) in [6.45, 7) is 2.39. The van der Waals surface area contributed by atoms with Gasteiger partial charge in [0.05, 0.1) is 0 Å². The highest BCUT2D eigenvalue weighted by atomic mass is 16.2. The average molecular weight is 347 g/mol. The van der Waals surface area contributed by atoms with E-state index in [0.717, 1.165) is 17.7 Å². The molecule has 26 heavy (non-hydrogen) atoms. The number of aryl methyl sites for hydroxylation is 1.